The summed E-state index contributed by atoms with van der Waals surface area (Å²) < 4.78 is 26.5. The van der Waals surface area contributed by atoms with E-state index in [9.17, 15) is 23.8 Å². The molecule has 0 amide bonds. The number of ketones is 1. The van der Waals surface area contributed by atoms with E-state index in [0.29, 0.717) is 30.1 Å². The van der Waals surface area contributed by atoms with Gasteiger partial charge in [0.2, 0.25) is 0 Å². The normalized spacial score (nSPS) is 47.8. The molecule has 0 aliphatic heterocycles. The maximum absolute atomic E-state index is 13.2. The molecule has 4 aliphatic rings. The number of aliphatic hydroxyl groups is 2. The van der Waals surface area contributed by atoms with Gasteiger partial charge >= 0.3 is 0 Å². The summed E-state index contributed by atoms with van der Waals surface area (Å²) in [7, 11) is 0. The summed E-state index contributed by atoms with van der Waals surface area (Å²) in [4.78, 5) is 12.2. The Labute approximate surface area is 153 Å². The average Bonchev–Trinajstić information content (AvgIpc) is 2.97. The molecule has 3 fully saturated rings. The lowest BCUT2D eigenvalue weighted by Crippen LogP contribution is -2.50. The second-order valence-corrected chi connectivity index (χ2v) is 9.47. The molecule has 146 valence electrons. The first-order chi connectivity index (χ1) is 12.3. The Balaban J connectivity index is 1.57. The molecule has 0 saturated heterocycles. The van der Waals surface area contributed by atoms with Crippen LogP contribution < -0.4 is 0 Å². The second kappa shape index (κ2) is 6.37. The van der Waals surface area contributed by atoms with Crippen molar-refractivity contribution in [2.24, 2.45) is 35.0 Å². The zero-order chi connectivity index (χ0) is 18.7. The Morgan fingerprint density at radius 3 is 2.69 bits per heavy atom. The van der Waals surface area contributed by atoms with Crippen molar-refractivity contribution in [3.05, 3.63) is 11.6 Å². The van der Waals surface area contributed by atoms with Crippen LogP contribution >= 0.6 is 0 Å². The number of alkyl halides is 2. The first-order valence-electron chi connectivity index (χ1n) is 10.1. The highest BCUT2D eigenvalue weighted by Gasteiger charge is 2.58. The van der Waals surface area contributed by atoms with E-state index in [1.54, 1.807) is 0 Å². The number of carbonyl (C=O) groups excluding carboxylic acids is 1. The minimum atomic E-state index is -2.68. The molecule has 4 rings (SSSR count). The van der Waals surface area contributed by atoms with Crippen LogP contribution in [0.3, 0.4) is 0 Å². The number of hydrogen-bond acceptors (Lipinski definition) is 3. The maximum Gasteiger partial charge on any atom is 0.267 e. The van der Waals surface area contributed by atoms with Gasteiger partial charge in [-0.15, -0.1) is 0 Å². The van der Waals surface area contributed by atoms with Gasteiger partial charge in [0.1, 0.15) is 12.2 Å². The van der Waals surface area contributed by atoms with Crippen molar-refractivity contribution >= 4 is 5.78 Å². The zero-order valence-electron chi connectivity index (χ0n) is 15.5. The van der Waals surface area contributed by atoms with Crippen LogP contribution in [-0.4, -0.2) is 34.6 Å². The smallest absolute Gasteiger partial charge is 0.267 e. The zero-order valence-corrected chi connectivity index (χ0v) is 15.5. The monoisotopic (exact) mass is 368 g/mol. The summed E-state index contributed by atoms with van der Waals surface area (Å²) in [6, 6.07) is 0. The fourth-order valence-corrected chi connectivity index (χ4v) is 7.14. The van der Waals surface area contributed by atoms with Gasteiger partial charge < -0.3 is 10.2 Å². The van der Waals surface area contributed by atoms with Gasteiger partial charge in [-0.25, -0.2) is 8.78 Å². The molecular formula is C21H30F2O3. The van der Waals surface area contributed by atoms with Crippen molar-refractivity contribution in [2.45, 2.75) is 70.3 Å². The number of rotatable bonds is 3. The SMILES string of the molecule is C[C@]12CC[C@H]3[C@@H](CC=C4C[C@](O)(C(F)F)CC[C@@H]43)[C@@H]1CC[C@@H]2C(=O)CO. The van der Waals surface area contributed by atoms with Crippen LogP contribution in [0, 0.1) is 35.0 Å². The predicted octanol–water partition coefficient (Wildman–Crippen LogP) is 3.73. The molecule has 0 radical (unpaired) electrons. The molecule has 0 spiro atoms. The Bertz CT molecular complexity index is 618. The van der Waals surface area contributed by atoms with E-state index in [4.69, 9.17) is 0 Å². The van der Waals surface area contributed by atoms with Gasteiger partial charge in [-0.05, 0) is 74.0 Å². The summed E-state index contributed by atoms with van der Waals surface area (Å²) in [5.74, 6) is 1.77. The maximum atomic E-state index is 13.2. The lowest BCUT2D eigenvalue weighted by molar-refractivity contribution is -0.133. The van der Waals surface area contributed by atoms with Crippen LogP contribution in [0.15, 0.2) is 11.6 Å². The van der Waals surface area contributed by atoms with Crippen LogP contribution in [0.4, 0.5) is 8.78 Å². The van der Waals surface area contributed by atoms with Gasteiger partial charge in [-0.3, -0.25) is 4.79 Å². The first-order valence-corrected chi connectivity index (χ1v) is 10.1. The highest BCUT2D eigenvalue weighted by Crippen LogP contribution is 2.63. The Hall–Kier alpha value is -0.810. The predicted molar refractivity (Wildman–Crippen MR) is 93.6 cm³/mol. The molecule has 26 heavy (non-hydrogen) atoms. The topological polar surface area (TPSA) is 57.5 Å². The third-order valence-corrected chi connectivity index (χ3v) is 8.49. The van der Waals surface area contributed by atoms with Crippen LogP contribution in [0.5, 0.6) is 0 Å². The average molecular weight is 368 g/mol. The van der Waals surface area contributed by atoms with Gasteiger partial charge in [-0.2, -0.15) is 0 Å². The van der Waals surface area contributed by atoms with Crippen LogP contribution in [0.25, 0.3) is 0 Å². The van der Waals surface area contributed by atoms with Gasteiger partial charge in [0.15, 0.2) is 5.78 Å². The van der Waals surface area contributed by atoms with Crippen molar-refractivity contribution in [2.75, 3.05) is 6.61 Å². The summed E-state index contributed by atoms with van der Waals surface area (Å²) in [5.41, 5.74) is -0.820. The summed E-state index contributed by atoms with van der Waals surface area (Å²) in [6.45, 7) is 1.87. The minimum absolute atomic E-state index is 0.0137. The third kappa shape index (κ3) is 2.61. The van der Waals surface area contributed by atoms with Crippen molar-refractivity contribution < 1.29 is 23.8 Å². The first kappa shape index (κ1) is 18.5. The molecule has 0 heterocycles. The summed E-state index contributed by atoms with van der Waals surface area (Å²) >= 11 is 0. The number of allylic oxidation sites excluding steroid dienone is 1. The van der Waals surface area contributed by atoms with Gasteiger partial charge in [0, 0.05) is 12.3 Å². The Morgan fingerprint density at radius 2 is 2.00 bits per heavy atom. The van der Waals surface area contributed by atoms with E-state index in [1.165, 1.54) is 0 Å². The van der Waals surface area contributed by atoms with E-state index < -0.39 is 12.0 Å². The molecule has 0 aromatic carbocycles. The lowest BCUT2D eigenvalue weighted by Gasteiger charge is -2.54. The van der Waals surface area contributed by atoms with Crippen molar-refractivity contribution in [3.8, 4) is 0 Å². The fraction of sp³-hybridized carbons (Fsp3) is 0.857. The van der Waals surface area contributed by atoms with Crippen molar-refractivity contribution in [1.29, 1.82) is 0 Å². The molecular weight excluding hydrogens is 338 g/mol. The fourth-order valence-electron chi connectivity index (χ4n) is 7.14. The molecule has 3 nitrogen and oxygen atoms in total. The molecule has 0 unspecified atom stereocenters. The summed E-state index contributed by atoms with van der Waals surface area (Å²) in [5, 5.41) is 19.6. The number of carbonyl (C=O) groups is 1. The van der Waals surface area contributed by atoms with E-state index in [0.717, 1.165) is 37.7 Å². The highest BCUT2D eigenvalue weighted by molar-refractivity contribution is 5.83. The molecule has 0 bridgehead atoms. The third-order valence-electron chi connectivity index (χ3n) is 8.49. The highest BCUT2D eigenvalue weighted by atomic mass is 19.3. The minimum Gasteiger partial charge on any atom is -0.389 e. The van der Waals surface area contributed by atoms with Crippen LogP contribution in [0.1, 0.15) is 58.3 Å². The van der Waals surface area contributed by atoms with Gasteiger partial charge in [0.05, 0.1) is 0 Å². The number of fused-ring (bicyclic) bond motifs is 5. The van der Waals surface area contributed by atoms with Crippen molar-refractivity contribution in [3.63, 3.8) is 0 Å². The number of Topliss-reactive ketones (excluding diaryl/α,β-unsaturated/α-hetero) is 1. The van der Waals surface area contributed by atoms with E-state index >= 15 is 0 Å². The number of halogens is 2. The Morgan fingerprint density at radius 1 is 1.23 bits per heavy atom. The molecule has 4 aliphatic carbocycles. The molecule has 0 aromatic rings. The van der Waals surface area contributed by atoms with E-state index in [2.05, 4.69) is 13.0 Å². The Kier molecular flexibility index (Phi) is 4.54. The van der Waals surface area contributed by atoms with Crippen LogP contribution in [0.2, 0.25) is 0 Å². The lowest BCUT2D eigenvalue weighted by atomic mass is 9.51. The molecule has 7 atom stereocenters. The standard InChI is InChI=1S/C21H30F2O3/c1-20-8-6-14-13-7-9-21(26,19(22)23)10-12(13)2-3-15(14)16(20)4-5-17(20)18(25)11-24/h2,13-17,19,24,26H,3-11H2,1H3/t13-,14+,15+,16-,17+,20-,21-/m0/s1. The number of aliphatic hydroxyl groups excluding tert-OH is 1. The number of hydrogen-bond donors (Lipinski definition) is 2. The van der Waals surface area contributed by atoms with Gasteiger partial charge in [0.25, 0.3) is 6.43 Å². The largest absolute Gasteiger partial charge is 0.389 e. The second-order valence-electron chi connectivity index (χ2n) is 9.47. The molecule has 0 aromatic heterocycles. The summed E-state index contributed by atoms with van der Waals surface area (Å²) in [6.07, 6.45) is 5.20. The van der Waals surface area contributed by atoms with E-state index in [-0.39, 0.29) is 36.6 Å². The molecule has 3 saturated carbocycles. The molecule has 2 N–H and O–H groups in total. The van der Waals surface area contributed by atoms with Gasteiger partial charge in [-0.1, -0.05) is 18.6 Å². The van der Waals surface area contributed by atoms with Crippen molar-refractivity contribution in [1.82, 2.24) is 0 Å². The van der Waals surface area contributed by atoms with E-state index in [1.807, 2.05) is 0 Å². The quantitative estimate of drug-likeness (QED) is 0.746. The van der Waals surface area contributed by atoms with Crippen LogP contribution in [-0.2, 0) is 4.79 Å². The molecule has 5 heteroatoms.